The molecule has 116 valence electrons. The Bertz CT molecular complexity index is 704. The summed E-state index contributed by atoms with van der Waals surface area (Å²) in [4.78, 5) is 0. The number of nitrogen functional groups attached to an aromatic ring is 1. The maximum atomic E-state index is 6.45. The highest BCUT2D eigenvalue weighted by atomic mass is 16.5. The first kappa shape index (κ1) is 15.2. The lowest BCUT2D eigenvalue weighted by Gasteiger charge is -2.14. The highest BCUT2D eigenvalue weighted by Crippen LogP contribution is 2.28. The van der Waals surface area contributed by atoms with E-state index in [1.165, 1.54) is 11.1 Å². The van der Waals surface area contributed by atoms with Gasteiger partial charge in [0.25, 0.3) is 0 Å². The Labute approximate surface area is 137 Å². The van der Waals surface area contributed by atoms with E-state index in [-0.39, 0.29) is 0 Å². The van der Waals surface area contributed by atoms with Crippen LogP contribution in [-0.2, 0) is 12.8 Å². The Kier molecular flexibility index (Phi) is 4.62. The van der Waals surface area contributed by atoms with Crippen LogP contribution in [0.5, 0.6) is 5.75 Å². The molecule has 0 aromatic heterocycles. The van der Waals surface area contributed by atoms with Crippen molar-refractivity contribution >= 4 is 5.69 Å². The molecule has 0 aliphatic rings. The minimum atomic E-state index is 0.811. The monoisotopic (exact) mass is 303 g/mol. The molecule has 0 saturated heterocycles. The fraction of sp³-hybridized carbons (Fsp3) is 0.143. The Hall–Kier alpha value is -2.74. The Morgan fingerprint density at radius 2 is 1.17 bits per heavy atom. The lowest BCUT2D eigenvalue weighted by molar-refractivity contribution is 0.414. The Balaban J connectivity index is 1.95. The van der Waals surface area contributed by atoms with E-state index in [0.717, 1.165) is 35.4 Å². The van der Waals surface area contributed by atoms with E-state index in [0.29, 0.717) is 0 Å². The van der Waals surface area contributed by atoms with E-state index in [1.807, 2.05) is 24.3 Å². The molecule has 0 bridgehead atoms. The molecule has 0 amide bonds. The van der Waals surface area contributed by atoms with Gasteiger partial charge in [0.2, 0.25) is 0 Å². The summed E-state index contributed by atoms with van der Waals surface area (Å²) in [6.07, 6.45) is 1.62. The van der Waals surface area contributed by atoms with Crippen LogP contribution in [0.4, 0.5) is 5.69 Å². The molecule has 23 heavy (non-hydrogen) atoms. The fourth-order valence-electron chi connectivity index (χ4n) is 2.79. The number of methoxy groups -OCH3 is 1. The summed E-state index contributed by atoms with van der Waals surface area (Å²) in [6, 6.07) is 24.8. The summed E-state index contributed by atoms with van der Waals surface area (Å²) in [6.45, 7) is 0. The van der Waals surface area contributed by atoms with Crippen LogP contribution >= 0.6 is 0 Å². The van der Waals surface area contributed by atoms with E-state index in [1.54, 1.807) is 7.11 Å². The average Bonchev–Trinajstić information content (AvgIpc) is 2.60. The van der Waals surface area contributed by atoms with Gasteiger partial charge in [0.05, 0.1) is 7.11 Å². The molecule has 3 rings (SSSR count). The predicted octanol–water partition coefficient (Wildman–Crippen LogP) is 4.46. The van der Waals surface area contributed by atoms with Gasteiger partial charge in [-0.15, -0.1) is 0 Å². The van der Waals surface area contributed by atoms with Crippen molar-refractivity contribution < 1.29 is 4.74 Å². The smallest absolute Gasteiger partial charge is 0.119 e. The van der Waals surface area contributed by atoms with Crippen molar-refractivity contribution in [3.8, 4) is 5.75 Å². The van der Waals surface area contributed by atoms with Crippen molar-refractivity contribution in [3.05, 3.63) is 95.1 Å². The lowest BCUT2D eigenvalue weighted by atomic mass is 9.96. The van der Waals surface area contributed by atoms with Crippen molar-refractivity contribution in [2.75, 3.05) is 12.8 Å². The summed E-state index contributed by atoms with van der Waals surface area (Å²) in [5.74, 6) is 0.857. The molecule has 0 atom stereocenters. The molecule has 0 aliphatic heterocycles. The molecule has 2 nitrogen and oxygen atoms in total. The van der Waals surface area contributed by atoms with Crippen LogP contribution in [0.25, 0.3) is 0 Å². The molecule has 0 unspecified atom stereocenters. The maximum Gasteiger partial charge on any atom is 0.119 e. The summed E-state index contributed by atoms with van der Waals surface area (Å²) in [5.41, 5.74) is 12.0. The molecule has 2 heteroatoms. The molecule has 0 heterocycles. The van der Waals surface area contributed by atoms with Gasteiger partial charge >= 0.3 is 0 Å². The van der Waals surface area contributed by atoms with Crippen LogP contribution < -0.4 is 10.5 Å². The van der Waals surface area contributed by atoms with E-state index < -0.39 is 0 Å². The predicted molar refractivity (Wildman–Crippen MR) is 95.9 cm³/mol. The highest BCUT2D eigenvalue weighted by molar-refractivity contribution is 5.59. The van der Waals surface area contributed by atoms with Crippen LogP contribution in [-0.4, -0.2) is 7.11 Å². The summed E-state index contributed by atoms with van der Waals surface area (Å²) in [7, 11) is 1.70. The van der Waals surface area contributed by atoms with Crippen LogP contribution in [0, 0.1) is 0 Å². The summed E-state index contributed by atoms with van der Waals surface area (Å²) < 4.78 is 5.47. The van der Waals surface area contributed by atoms with Crippen molar-refractivity contribution in [1.82, 2.24) is 0 Å². The molecule has 0 fully saturated rings. The van der Waals surface area contributed by atoms with Crippen LogP contribution in [0.3, 0.4) is 0 Å². The number of anilines is 1. The molecular weight excluding hydrogens is 282 g/mol. The molecular formula is C21H21NO. The lowest BCUT2D eigenvalue weighted by Crippen LogP contribution is -2.03. The molecule has 0 saturated carbocycles. The molecule has 3 aromatic rings. The zero-order valence-electron chi connectivity index (χ0n) is 13.3. The second-order valence-corrected chi connectivity index (χ2v) is 5.68. The zero-order valence-corrected chi connectivity index (χ0v) is 13.3. The van der Waals surface area contributed by atoms with Crippen molar-refractivity contribution in [1.29, 1.82) is 0 Å². The van der Waals surface area contributed by atoms with E-state index in [2.05, 4.69) is 48.5 Å². The number of hydrogen-bond donors (Lipinski definition) is 1. The summed E-state index contributed by atoms with van der Waals surface area (Å²) >= 11 is 0. The van der Waals surface area contributed by atoms with Crippen LogP contribution in [0.2, 0.25) is 0 Å². The SMILES string of the molecule is COc1cc(Cc2ccccc2)c(N)c(Cc2ccccc2)c1. The third kappa shape index (κ3) is 3.72. The quantitative estimate of drug-likeness (QED) is 0.706. The van der Waals surface area contributed by atoms with E-state index in [9.17, 15) is 0 Å². The Morgan fingerprint density at radius 1 is 0.739 bits per heavy atom. The van der Waals surface area contributed by atoms with Crippen LogP contribution in [0.15, 0.2) is 72.8 Å². The van der Waals surface area contributed by atoms with Gasteiger partial charge in [-0.25, -0.2) is 0 Å². The number of benzene rings is 3. The van der Waals surface area contributed by atoms with Crippen molar-refractivity contribution in [2.45, 2.75) is 12.8 Å². The van der Waals surface area contributed by atoms with Gasteiger partial charge in [0.1, 0.15) is 5.75 Å². The minimum absolute atomic E-state index is 0.811. The zero-order chi connectivity index (χ0) is 16.1. The normalized spacial score (nSPS) is 10.5. The summed E-state index contributed by atoms with van der Waals surface area (Å²) in [5, 5.41) is 0. The van der Waals surface area contributed by atoms with Gasteiger partial charge in [0.15, 0.2) is 0 Å². The molecule has 0 spiro atoms. The largest absolute Gasteiger partial charge is 0.497 e. The van der Waals surface area contributed by atoms with Gasteiger partial charge in [-0.05, 0) is 47.2 Å². The number of ether oxygens (including phenoxy) is 1. The minimum Gasteiger partial charge on any atom is -0.497 e. The number of hydrogen-bond acceptors (Lipinski definition) is 2. The van der Waals surface area contributed by atoms with Gasteiger partial charge in [-0.2, -0.15) is 0 Å². The van der Waals surface area contributed by atoms with Gasteiger partial charge < -0.3 is 10.5 Å². The molecule has 2 N–H and O–H groups in total. The Morgan fingerprint density at radius 3 is 1.57 bits per heavy atom. The number of nitrogens with two attached hydrogens (primary N) is 1. The number of rotatable bonds is 5. The van der Waals surface area contributed by atoms with E-state index >= 15 is 0 Å². The standard InChI is InChI=1S/C21H21NO/c1-23-20-14-18(12-16-8-4-2-5-9-16)21(22)19(15-20)13-17-10-6-3-7-11-17/h2-11,14-15H,12-13,22H2,1H3. The highest BCUT2D eigenvalue weighted by Gasteiger charge is 2.10. The van der Waals surface area contributed by atoms with Gasteiger partial charge in [-0.1, -0.05) is 60.7 Å². The first-order valence-corrected chi connectivity index (χ1v) is 7.79. The van der Waals surface area contributed by atoms with Crippen molar-refractivity contribution in [2.24, 2.45) is 0 Å². The molecule has 0 radical (unpaired) electrons. The third-order valence-corrected chi connectivity index (χ3v) is 4.04. The topological polar surface area (TPSA) is 35.2 Å². The third-order valence-electron chi connectivity index (χ3n) is 4.04. The van der Waals surface area contributed by atoms with Crippen molar-refractivity contribution in [3.63, 3.8) is 0 Å². The second-order valence-electron chi connectivity index (χ2n) is 5.68. The first-order chi connectivity index (χ1) is 11.3. The van der Waals surface area contributed by atoms with Gasteiger partial charge in [0, 0.05) is 5.69 Å². The van der Waals surface area contributed by atoms with Crippen LogP contribution in [0.1, 0.15) is 22.3 Å². The maximum absolute atomic E-state index is 6.45. The first-order valence-electron chi connectivity index (χ1n) is 7.79. The second kappa shape index (κ2) is 7.01. The fourth-order valence-corrected chi connectivity index (χ4v) is 2.79. The van der Waals surface area contributed by atoms with E-state index in [4.69, 9.17) is 10.5 Å². The molecule has 0 aliphatic carbocycles. The molecule has 3 aromatic carbocycles. The van der Waals surface area contributed by atoms with Gasteiger partial charge in [-0.3, -0.25) is 0 Å². The average molecular weight is 303 g/mol.